The number of aryl methyl sites for hydroxylation is 2. The molecule has 0 saturated heterocycles. The Morgan fingerprint density at radius 2 is 1.70 bits per heavy atom. The molecule has 0 fully saturated rings. The molecule has 1 N–H and O–H groups in total. The van der Waals surface area contributed by atoms with Crippen molar-refractivity contribution in [3.05, 3.63) is 65.5 Å². The van der Waals surface area contributed by atoms with Crippen LogP contribution in [0, 0.1) is 13.8 Å². The van der Waals surface area contributed by atoms with E-state index in [1.807, 2.05) is 12.1 Å². The zero-order chi connectivity index (χ0) is 16.4. The van der Waals surface area contributed by atoms with Crippen molar-refractivity contribution in [3.63, 3.8) is 0 Å². The molecule has 5 heteroatoms. The highest BCUT2D eigenvalue weighted by atomic mass is 15.6. The third-order valence-electron chi connectivity index (χ3n) is 3.78. The Kier molecular flexibility index (Phi) is 3.86. The minimum atomic E-state index is -0.414. The molecule has 0 unspecified atom stereocenters. The smallest absolute Gasteiger partial charge is 0.181 e. The molecule has 5 nitrogen and oxygen atoms in total. The molecule has 0 radical (unpaired) electrons. The number of anilines is 1. The van der Waals surface area contributed by atoms with Gasteiger partial charge in [0, 0.05) is 5.69 Å². The fourth-order valence-electron chi connectivity index (χ4n) is 2.56. The maximum absolute atomic E-state index is 4.25. The van der Waals surface area contributed by atoms with Gasteiger partial charge in [-0.05, 0) is 68.0 Å². The van der Waals surface area contributed by atoms with E-state index >= 15 is 0 Å². The molecule has 0 aliphatic carbocycles. The average Bonchev–Trinajstić information content (AvgIpc) is 3.00. The van der Waals surface area contributed by atoms with Gasteiger partial charge >= 0.3 is 0 Å². The molecule has 0 amide bonds. The van der Waals surface area contributed by atoms with Crippen LogP contribution in [0.5, 0.6) is 0 Å². The fraction of sp³-hybridized carbons (Fsp3) is 0.278. The molecule has 3 aromatic rings. The van der Waals surface area contributed by atoms with Crippen LogP contribution in [0.3, 0.4) is 0 Å². The largest absolute Gasteiger partial charge is 0.373 e. The maximum Gasteiger partial charge on any atom is 0.181 e. The van der Waals surface area contributed by atoms with Crippen LogP contribution in [0.2, 0.25) is 0 Å². The third kappa shape index (κ3) is 3.23. The van der Waals surface area contributed by atoms with Crippen molar-refractivity contribution in [2.24, 2.45) is 0 Å². The molecule has 3 rings (SSSR count). The second kappa shape index (κ2) is 5.83. The van der Waals surface area contributed by atoms with Gasteiger partial charge in [0.1, 0.15) is 0 Å². The van der Waals surface area contributed by atoms with Crippen molar-refractivity contribution in [1.29, 1.82) is 0 Å². The molecule has 0 aliphatic heterocycles. The van der Waals surface area contributed by atoms with Gasteiger partial charge in [0.05, 0.1) is 11.2 Å². The second-order valence-corrected chi connectivity index (χ2v) is 6.37. The zero-order valence-corrected chi connectivity index (χ0v) is 13.9. The predicted octanol–water partition coefficient (Wildman–Crippen LogP) is 3.63. The van der Waals surface area contributed by atoms with E-state index in [-0.39, 0.29) is 0 Å². The predicted molar refractivity (Wildman–Crippen MR) is 91.7 cm³/mol. The van der Waals surface area contributed by atoms with Crippen LogP contribution >= 0.6 is 0 Å². The molecular weight excluding hydrogens is 286 g/mol. The van der Waals surface area contributed by atoms with Crippen molar-refractivity contribution in [2.75, 3.05) is 5.32 Å². The molecule has 2 aromatic carbocycles. The second-order valence-electron chi connectivity index (χ2n) is 6.37. The van der Waals surface area contributed by atoms with Gasteiger partial charge in [-0.25, -0.2) is 0 Å². The molecule has 1 heterocycles. The molecule has 0 aliphatic rings. The SMILES string of the molecule is Cc1ccc(NC(C)(C)c2nnnn2-c2cccc(C)c2)cc1. The summed E-state index contributed by atoms with van der Waals surface area (Å²) in [7, 11) is 0. The van der Waals surface area contributed by atoms with Gasteiger partial charge in [-0.1, -0.05) is 29.8 Å². The van der Waals surface area contributed by atoms with Crippen molar-refractivity contribution in [1.82, 2.24) is 20.2 Å². The molecule has 0 bridgehead atoms. The Labute approximate surface area is 136 Å². The topological polar surface area (TPSA) is 55.6 Å². The van der Waals surface area contributed by atoms with Gasteiger partial charge in [0.2, 0.25) is 0 Å². The van der Waals surface area contributed by atoms with E-state index in [1.165, 1.54) is 11.1 Å². The minimum Gasteiger partial charge on any atom is -0.373 e. The highest BCUT2D eigenvalue weighted by Crippen LogP contribution is 2.25. The third-order valence-corrected chi connectivity index (χ3v) is 3.78. The first kappa shape index (κ1) is 15.2. The minimum absolute atomic E-state index is 0.414. The summed E-state index contributed by atoms with van der Waals surface area (Å²) < 4.78 is 1.79. The van der Waals surface area contributed by atoms with Crippen LogP contribution in [0.1, 0.15) is 30.8 Å². The standard InChI is InChI=1S/C18H21N5/c1-13-8-10-15(11-9-13)19-18(3,4)17-20-21-22-23(17)16-7-5-6-14(2)12-16/h5-12,19H,1-4H3. The summed E-state index contributed by atoms with van der Waals surface area (Å²) in [5, 5.41) is 15.8. The van der Waals surface area contributed by atoms with E-state index in [1.54, 1.807) is 4.68 Å². The highest BCUT2D eigenvalue weighted by molar-refractivity contribution is 5.47. The zero-order valence-electron chi connectivity index (χ0n) is 13.9. The number of hydrogen-bond acceptors (Lipinski definition) is 4. The number of aromatic nitrogens is 4. The van der Waals surface area contributed by atoms with E-state index in [9.17, 15) is 0 Å². The van der Waals surface area contributed by atoms with Crippen LogP contribution in [-0.2, 0) is 5.54 Å². The van der Waals surface area contributed by atoms with Gasteiger partial charge in [-0.15, -0.1) is 5.10 Å². The number of rotatable bonds is 4. The Morgan fingerprint density at radius 1 is 0.957 bits per heavy atom. The Hall–Kier alpha value is -2.69. The van der Waals surface area contributed by atoms with Gasteiger partial charge in [0.25, 0.3) is 0 Å². The fourth-order valence-corrected chi connectivity index (χ4v) is 2.56. The summed E-state index contributed by atoms with van der Waals surface area (Å²) in [5.74, 6) is 0.767. The van der Waals surface area contributed by atoms with Gasteiger partial charge in [-0.3, -0.25) is 0 Å². The lowest BCUT2D eigenvalue weighted by atomic mass is 10.0. The van der Waals surface area contributed by atoms with Crippen LogP contribution < -0.4 is 5.32 Å². The van der Waals surface area contributed by atoms with E-state index in [0.717, 1.165) is 17.2 Å². The number of hydrogen-bond donors (Lipinski definition) is 1. The molecule has 118 valence electrons. The van der Waals surface area contributed by atoms with Crippen molar-refractivity contribution < 1.29 is 0 Å². The molecule has 1 aromatic heterocycles. The summed E-state index contributed by atoms with van der Waals surface area (Å²) in [5.41, 5.74) is 4.00. The quantitative estimate of drug-likeness (QED) is 0.799. The number of benzene rings is 2. The summed E-state index contributed by atoms with van der Waals surface area (Å²) in [6.07, 6.45) is 0. The van der Waals surface area contributed by atoms with Crippen LogP contribution in [0.25, 0.3) is 5.69 Å². The first-order chi connectivity index (χ1) is 11.0. The molecular formula is C18H21N5. The summed E-state index contributed by atoms with van der Waals surface area (Å²) in [6.45, 7) is 8.28. The molecule has 0 atom stereocenters. The summed E-state index contributed by atoms with van der Waals surface area (Å²) in [4.78, 5) is 0. The van der Waals surface area contributed by atoms with Gasteiger partial charge < -0.3 is 5.32 Å². The van der Waals surface area contributed by atoms with Gasteiger partial charge in [0.15, 0.2) is 5.82 Å². The molecule has 23 heavy (non-hydrogen) atoms. The van der Waals surface area contributed by atoms with Crippen LogP contribution in [0.15, 0.2) is 48.5 Å². The van der Waals surface area contributed by atoms with Crippen molar-refractivity contribution >= 4 is 5.69 Å². The lowest BCUT2D eigenvalue weighted by Crippen LogP contribution is -2.31. The Balaban J connectivity index is 1.94. The summed E-state index contributed by atoms with van der Waals surface area (Å²) in [6, 6.07) is 16.5. The first-order valence-corrected chi connectivity index (χ1v) is 7.66. The lowest BCUT2D eigenvalue weighted by Gasteiger charge is -2.26. The van der Waals surface area contributed by atoms with E-state index in [4.69, 9.17) is 0 Å². The first-order valence-electron chi connectivity index (χ1n) is 7.66. The van der Waals surface area contributed by atoms with E-state index in [2.05, 4.69) is 84.9 Å². The molecule has 0 saturated carbocycles. The van der Waals surface area contributed by atoms with Crippen molar-refractivity contribution in [2.45, 2.75) is 33.2 Å². The Morgan fingerprint density at radius 3 is 2.39 bits per heavy atom. The molecule has 0 spiro atoms. The summed E-state index contributed by atoms with van der Waals surface area (Å²) >= 11 is 0. The van der Waals surface area contributed by atoms with Crippen molar-refractivity contribution in [3.8, 4) is 5.69 Å². The van der Waals surface area contributed by atoms with Crippen LogP contribution in [0.4, 0.5) is 5.69 Å². The highest BCUT2D eigenvalue weighted by Gasteiger charge is 2.28. The number of nitrogens with one attached hydrogen (secondary N) is 1. The lowest BCUT2D eigenvalue weighted by molar-refractivity contribution is 0.542. The monoisotopic (exact) mass is 307 g/mol. The number of nitrogens with zero attached hydrogens (tertiary/aromatic N) is 4. The van der Waals surface area contributed by atoms with Crippen LogP contribution in [-0.4, -0.2) is 20.2 Å². The van der Waals surface area contributed by atoms with E-state index in [0.29, 0.717) is 0 Å². The Bertz CT molecular complexity index is 802. The normalized spacial score (nSPS) is 11.5. The van der Waals surface area contributed by atoms with E-state index < -0.39 is 5.54 Å². The maximum atomic E-state index is 4.25. The number of tetrazole rings is 1. The van der Waals surface area contributed by atoms with Gasteiger partial charge in [-0.2, -0.15) is 4.68 Å². The average molecular weight is 307 g/mol.